The van der Waals surface area contributed by atoms with Crippen molar-refractivity contribution in [2.24, 2.45) is 10.7 Å². The van der Waals surface area contributed by atoms with Crippen LogP contribution in [0.1, 0.15) is 50.7 Å². The van der Waals surface area contributed by atoms with Gasteiger partial charge in [-0.3, -0.25) is 4.90 Å². The van der Waals surface area contributed by atoms with E-state index in [1.165, 1.54) is 36.9 Å². The predicted octanol–water partition coefficient (Wildman–Crippen LogP) is 2.88. The van der Waals surface area contributed by atoms with Crippen LogP contribution in [0.2, 0.25) is 0 Å². The Morgan fingerprint density at radius 3 is 2.68 bits per heavy atom. The van der Waals surface area contributed by atoms with Gasteiger partial charge in [0.15, 0.2) is 5.96 Å². The lowest BCUT2D eigenvalue weighted by Gasteiger charge is -2.33. The number of nitrogens with zero attached hydrogens (tertiary/aromatic N) is 2. The fourth-order valence-corrected chi connectivity index (χ4v) is 2.86. The molecule has 1 unspecified atom stereocenters. The molecule has 3 N–H and O–H groups in total. The van der Waals surface area contributed by atoms with Crippen molar-refractivity contribution in [3.63, 3.8) is 0 Å². The van der Waals surface area contributed by atoms with Crippen molar-refractivity contribution in [1.29, 1.82) is 0 Å². The number of hydrogen-bond acceptors (Lipinski definition) is 2. The van der Waals surface area contributed by atoms with Crippen LogP contribution in [-0.4, -0.2) is 30.0 Å². The second-order valence-corrected chi connectivity index (χ2v) is 6.26. The molecule has 1 heterocycles. The molecule has 0 aromatic heterocycles. The van der Waals surface area contributed by atoms with Gasteiger partial charge >= 0.3 is 0 Å². The standard InChI is InChI=1S/C18H30N4/c1-3-11-20-18(19)21-13-16-7-9-17(10-8-16)14-22-12-5-4-6-15(22)2/h7-10,15H,3-6,11-14H2,1-2H3,(H3,19,20,21). The maximum absolute atomic E-state index is 5.81. The molecule has 0 saturated carbocycles. The summed E-state index contributed by atoms with van der Waals surface area (Å²) in [7, 11) is 0. The highest BCUT2D eigenvalue weighted by Crippen LogP contribution is 2.19. The molecule has 2 rings (SSSR count). The Balaban J connectivity index is 1.84. The van der Waals surface area contributed by atoms with Gasteiger partial charge in [0.1, 0.15) is 0 Å². The van der Waals surface area contributed by atoms with E-state index in [2.05, 4.69) is 53.3 Å². The summed E-state index contributed by atoms with van der Waals surface area (Å²) in [5, 5.41) is 3.09. The Hall–Kier alpha value is -1.55. The Kier molecular flexibility index (Phi) is 6.72. The largest absolute Gasteiger partial charge is 0.370 e. The van der Waals surface area contributed by atoms with Gasteiger partial charge in [-0.1, -0.05) is 37.6 Å². The van der Waals surface area contributed by atoms with Gasteiger partial charge in [0.05, 0.1) is 6.54 Å². The molecule has 1 saturated heterocycles. The minimum absolute atomic E-state index is 0.535. The van der Waals surface area contributed by atoms with Crippen molar-refractivity contribution in [1.82, 2.24) is 10.2 Å². The Morgan fingerprint density at radius 2 is 2.00 bits per heavy atom. The molecule has 1 aromatic rings. The molecule has 0 radical (unpaired) electrons. The first-order chi connectivity index (χ1) is 10.7. The second kappa shape index (κ2) is 8.79. The minimum Gasteiger partial charge on any atom is -0.370 e. The monoisotopic (exact) mass is 302 g/mol. The van der Waals surface area contributed by atoms with E-state index in [4.69, 9.17) is 5.73 Å². The van der Waals surface area contributed by atoms with Crippen LogP contribution in [0.15, 0.2) is 29.3 Å². The lowest BCUT2D eigenvalue weighted by Crippen LogP contribution is -2.36. The number of likely N-dealkylation sites (tertiary alicyclic amines) is 1. The van der Waals surface area contributed by atoms with Gasteiger partial charge in [-0.25, -0.2) is 4.99 Å². The molecule has 122 valence electrons. The van der Waals surface area contributed by atoms with Gasteiger partial charge in [0, 0.05) is 19.1 Å². The van der Waals surface area contributed by atoms with Crippen LogP contribution in [0.5, 0.6) is 0 Å². The van der Waals surface area contributed by atoms with Crippen molar-refractivity contribution in [2.75, 3.05) is 13.1 Å². The average Bonchev–Trinajstić information content (AvgIpc) is 2.54. The topological polar surface area (TPSA) is 53.6 Å². The van der Waals surface area contributed by atoms with E-state index in [9.17, 15) is 0 Å². The van der Waals surface area contributed by atoms with E-state index in [0.717, 1.165) is 19.5 Å². The van der Waals surface area contributed by atoms with Gasteiger partial charge in [-0.15, -0.1) is 0 Å². The van der Waals surface area contributed by atoms with E-state index in [0.29, 0.717) is 18.5 Å². The number of benzene rings is 1. The zero-order chi connectivity index (χ0) is 15.8. The Bertz CT molecular complexity index is 466. The van der Waals surface area contributed by atoms with Crippen LogP contribution in [0.4, 0.5) is 0 Å². The zero-order valence-corrected chi connectivity index (χ0v) is 14.0. The lowest BCUT2D eigenvalue weighted by molar-refractivity contribution is 0.152. The third kappa shape index (κ3) is 5.34. The highest BCUT2D eigenvalue weighted by atomic mass is 15.2. The summed E-state index contributed by atoms with van der Waals surface area (Å²) in [5.41, 5.74) is 8.40. The molecule has 22 heavy (non-hydrogen) atoms. The first-order valence-corrected chi connectivity index (χ1v) is 8.54. The quantitative estimate of drug-likeness (QED) is 0.627. The van der Waals surface area contributed by atoms with Crippen LogP contribution in [0.25, 0.3) is 0 Å². The van der Waals surface area contributed by atoms with Crippen LogP contribution < -0.4 is 11.1 Å². The van der Waals surface area contributed by atoms with Crippen molar-refractivity contribution >= 4 is 5.96 Å². The lowest BCUT2D eigenvalue weighted by atomic mass is 10.0. The molecular weight excluding hydrogens is 272 g/mol. The summed E-state index contributed by atoms with van der Waals surface area (Å²) >= 11 is 0. The minimum atomic E-state index is 0.535. The highest BCUT2D eigenvalue weighted by Gasteiger charge is 2.17. The first kappa shape index (κ1) is 16.8. The summed E-state index contributed by atoms with van der Waals surface area (Å²) < 4.78 is 0. The van der Waals surface area contributed by atoms with Crippen molar-refractivity contribution < 1.29 is 0 Å². The summed E-state index contributed by atoms with van der Waals surface area (Å²) in [6.07, 6.45) is 5.10. The average molecular weight is 302 g/mol. The molecular formula is C18H30N4. The molecule has 0 bridgehead atoms. The second-order valence-electron chi connectivity index (χ2n) is 6.26. The summed E-state index contributed by atoms with van der Waals surface area (Å²) in [6.45, 7) is 8.26. The maximum Gasteiger partial charge on any atom is 0.188 e. The molecule has 4 heteroatoms. The number of nitrogens with one attached hydrogen (secondary N) is 1. The first-order valence-electron chi connectivity index (χ1n) is 8.54. The van der Waals surface area contributed by atoms with Crippen LogP contribution in [-0.2, 0) is 13.1 Å². The number of aliphatic imine (C=N–C) groups is 1. The molecule has 1 aliphatic rings. The van der Waals surface area contributed by atoms with Crippen molar-refractivity contribution in [2.45, 2.75) is 58.7 Å². The van der Waals surface area contributed by atoms with Crippen LogP contribution in [0, 0.1) is 0 Å². The maximum atomic E-state index is 5.81. The van der Waals surface area contributed by atoms with Crippen molar-refractivity contribution in [3.8, 4) is 0 Å². The Labute approximate surface area is 134 Å². The third-order valence-electron chi connectivity index (χ3n) is 4.34. The van der Waals surface area contributed by atoms with E-state index in [1.807, 2.05) is 0 Å². The van der Waals surface area contributed by atoms with Crippen LogP contribution in [0.3, 0.4) is 0 Å². The fraction of sp³-hybridized carbons (Fsp3) is 0.611. The normalized spacial score (nSPS) is 20.1. The van der Waals surface area contributed by atoms with E-state index < -0.39 is 0 Å². The molecule has 1 fully saturated rings. The number of piperidine rings is 1. The number of rotatable bonds is 6. The predicted molar refractivity (Wildman–Crippen MR) is 93.8 cm³/mol. The third-order valence-corrected chi connectivity index (χ3v) is 4.34. The van der Waals surface area contributed by atoms with E-state index in [-0.39, 0.29) is 0 Å². The highest BCUT2D eigenvalue weighted by molar-refractivity contribution is 5.77. The van der Waals surface area contributed by atoms with E-state index >= 15 is 0 Å². The molecule has 4 nitrogen and oxygen atoms in total. The summed E-state index contributed by atoms with van der Waals surface area (Å²) in [4.78, 5) is 6.95. The summed E-state index contributed by atoms with van der Waals surface area (Å²) in [5.74, 6) is 0.535. The van der Waals surface area contributed by atoms with Gasteiger partial charge in [-0.05, 0) is 43.9 Å². The molecule has 0 aliphatic carbocycles. The smallest absolute Gasteiger partial charge is 0.188 e. The van der Waals surface area contributed by atoms with Gasteiger partial charge in [-0.2, -0.15) is 0 Å². The number of nitrogens with two attached hydrogens (primary N) is 1. The molecule has 1 aliphatic heterocycles. The zero-order valence-electron chi connectivity index (χ0n) is 14.0. The summed E-state index contributed by atoms with van der Waals surface area (Å²) in [6, 6.07) is 9.49. The van der Waals surface area contributed by atoms with Gasteiger partial charge in [0.25, 0.3) is 0 Å². The van der Waals surface area contributed by atoms with Gasteiger partial charge < -0.3 is 11.1 Å². The van der Waals surface area contributed by atoms with Gasteiger partial charge in [0.2, 0.25) is 0 Å². The number of guanidine groups is 1. The molecule has 1 aromatic carbocycles. The Morgan fingerprint density at radius 1 is 1.27 bits per heavy atom. The van der Waals surface area contributed by atoms with E-state index in [1.54, 1.807) is 0 Å². The fourth-order valence-electron chi connectivity index (χ4n) is 2.86. The molecule has 1 atom stereocenters. The molecule has 0 amide bonds. The van der Waals surface area contributed by atoms with Crippen molar-refractivity contribution in [3.05, 3.63) is 35.4 Å². The number of hydrogen-bond donors (Lipinski definition) is 2. The molecule has 0 spiro atoms. The SMILES string of the molecule is CCCNC(N)=NCc1ccc(CN2CCCCC2C)cc1. The van der Waals surface area contributed by atoms with Crippen LogP contribution >= 0.6 is 0 Å².